The lowest BCUT2D eigenvalue weighted by Gasteiger charge is -2.24. The summed E-state index contributed by atoms with van der Waals surface area (Å²) in [5, 5.41) is 13.3. The third-order valence-electron chi connectivity index (χ3n) is 3.46. The molecule has 3 heteroatoms. The summed E-state index contributed by atoms with van der Waals surface area (Å²) >= 11 is 2.06. The summed E-state index contributed by atoms with van der Waals surface area (Å²) in [5.41, 5.74) is 0.998. The van der Waals surface area contributed by atoms with Crippen molar-refractivity contribution in [2.24, 2.45) is 5.92 Å². The maximum Gasteiger partial charge on any atom is 0.120 e. The van der Waals surface area contributed by atoms with Crippen molar-refractivity contribution in [3.05, 3.63) is 29.8 Å². The molecule has 2 N–H and O–H groups in total. The van der Waals surface area contributed by atoms with Crippen LogP contribution in [0.1, 0.15) is 31.4 Å². The van der Waals surface area contributed by atoms with Gasteiger partial charge in [0.25, 0.3) is 0 Å². The fraction of sp³-hybridized carbons (Fsp3) is 0.571. The van der Waals surface area contributed by atoms with Crippen LogP contribution in [0.2, 0.25) is 0 Å². The van der Waals surface area contributed by atoms with Gasteiger partial charge in [-0.1, -0.05) is 18.2 Å². The van der Waals surface area contributed by atoms with Crippen LogP contribution in [0.3, 0.4) is 0 Å². The maximum atomic E-state index is 9.77. The van der Waals surface area contributed by atoms with Crippen LogP contribution in [-0.4, -0.2) is 23.2 Å². The Labute approximate surface area is 108 Å². The summed E-state index contributed by atoms with van der Waals surface area (Å²) in [6, 6.07) is 7.81. The first-order valence-electron chi connectivity index (χ1n) is 6.36. The van der Waals surface area contributed by atoms with Crippen molar-refractivity contribution in [2.45, 2.75) is 25.8 Å². The average Bonchev–Trinajstić information content (AvgIpc) is 2.38. The topological polar surface area (TPSA) is 32.3 Å². The second-order valence-corrected chi connectivity index (χ2v) is 5.97. The number of nitrogens with one attached hydrogen (secondary N) is 1. The highest BCUT2D eigenvalue weighted by Crippen LogP contribution is 2.25. The fourth-order valence-electron chi connectivity index (χ4n) is 2.26. The van der Waals surface area contributed by atoms with Gasteiger partial charge in [-0.2, -0.15) is 11.8 Å². The van der Waals surface area contributed by atoms with Crippen LogP contribution in [0.15, 0.2) is 24.3 Å². The molecule has 0 aromatic heterocycles. The Kier molecular flexibility index (Phi) is 4.75. The molecule has 0 spiro atoms. The number of para-hydroxylation sites is 1. The molecule has 1 atom stereocenters. The minimum atomic E-state index is 0.228. The Balaban J connectivity index is 1.84. The number of hydrogen-bond donors (Lipinski definition) is 2. The molecule has 1 fully saturated rings. The molecule has 17 heavy (non-hydrogen) atoms. The number of phenolic OH excluding ortho intramolecular Hbond substituents is 1. The van der Waals surface area contributed by atoms with E-state index in [9.17, 15) is 5.11 Å². The van der Waals surface area contributed by atoms with Gasteiger partial charge >= 0.3 is 0 Å². The standard InChI is InChI=1S/C14H21NOS/c1-11(13-4-2-3-5-14(13)16)15-10-12-6-8-17-9-7-12/h2-5,11-12,15-16H,6-10H2,1H3. The highest BCUT2D eigenvalue weighted by atomic mass is 32.2. The van der Waals surface area contributed by atoms with E-state index in [-0.39, 0.29) is 6.04 Å². The van der Waals surface area contributed by atoms with Gasteiger partial charge in [-0.25, -0.2) is 0 Å². The summed E-state index contributed by atoms with van der Waals surface area (Å²) in [7, 11) is 0. The van der Waals surface area contributed by atoms with Crippen LogP contribution < -0.4 is 5.32 Å². The Morgan fingerprint density at radius 2 is 2.06 bits per heavy atom. The van der Waals surface area contributed by atoms with Crippen LogP contribution >= 0.6 is 11.8 Å². The van der Waals surface area contributed by atoms with Gasteiger partial charge < -0.3 is 10.4 Å². The van der Waals surface area contributed by atoms with E-state index in [1.807, 2.05) is 18.2 Å². The van der Waals surface area contributed by atoms with Crippen molar-refractivity contribution in [3.8, 4) is 5.75 Å². The quantitative estimate of drug-likeness (QED) is 0.862. The van der Waals surface area contributed by atoms with Crippen molar-refractivity contribution in [3.63, 3.8) is 0 Å². The minimum absolute atomic E-state index is 0.228. The van der Waals surface area contributed by atoms with E-state index in [1.165, 1.54) is 24.3 Å². The van der Waals surface area contributed by atoms with E-state index in [0.29, 0.717) is 5.75 Å². The molecule has 1 heterocycles. The van der Waals surface area contributed by atoms with E-state index < -0.39 is 0 Å². The number of aromatic hydroxyl groups is 1. The average molecular weight is 251 g/mol. The van der Waals surface area contributed by atoms with Gasteiger partial charge in [0.15, 0.2) is 0 Å². The highest BCUT2D eigenvalue weighted by molar-refractivity contribution is 7.99. The van der Waals surface area contributed by atoms with E-state index in [1.54, 1.807) is 6.07 Å². The normalized spacial score (nSPS) is 19.1. The molecule has 94 valence electrons. The molecule has 1 aliphatic rings. The van der Waals surface area contributed by atoms with Crippen molar-refractivity contribution in [1.29, 1.82) is 0 Å². The van der Waals surface area contributed by atoms with E-state index in [2.05, 4.69) is 24.0 Å². The molecular weight excluding hydrogens is 230 g/mol. The molecule has 0 aliphatic carbocycles. The first-order chi connectivity index (χ1) is 8.27. The number of phenols is 1. The Bertz CT molecular complexity index is 350. The molecule has 1 saturated heterocycles. The molecular formula is C14H21NOS. The van der Waals surface area contributed by atoms with Gasteiger partial charge in [0, 0.05) is 11.6 Å². The van der Waals surface area contributed by atoms with E-state index in [0.717, 1.165) is 18.0 Å². The maximum absolute atomic E-state index is 9.77. The first-order valence-corrected chi connectivity index (χ1v) is 7.52. The predicted molar refractivity (Wildman–Crippen MR) is 74.6 cm³/mol. The van der Waals surface area contributed by atoms with Gasteiger partial charge in [-0.05, 0) is 49.8 Å². The molecule has 0 saturated carbocycles. The van der Waals surface area contributed by atoms with Crippen LogP contribution in [0.5, 0.6) is 5.75 Å². The largest absolute Gasteiger partial charge is 0.508 e. The second-order valence-electron chi connectivity index (χ2n) is 4.74. The molecule has 2 nitrogen and oxygen atoms in total. The Hall–Kier alpha value is -0.670. The zero-order valence-electron chi connectivity index (χ0n) is 10.4. The SMILES string of the molecule is CC(NCC1CCSCC1)c1ccccc1O. The molecule has 1 aliphatic heterocycles. The van der Waals surface area contributed by atoms with E-state index in [4.69, 9.17) is 0 Å². The van der Waals surface area contributed by atoms with Crippen molar-refractivity contribution in [1.82, 2.24) is 5.32 Å². The van der Waals surface area contributed by atoms with Gasteiger partial charge in [-0.15, -0.1) is 0 Å². The molecule has 1 aromatic carbocycles. The second kappa shape index (κ2) is 6.31. The van der Waals surface area contributed by atoms with Crippen LogP contribution in [0.25, 0.3) is 0 Å². The van der Waals surface area contributed by atoms with Crippen molar-refractivity contribution >= 4 is 11.8 Å². The Morgan fingerprint density at radius 1 is 1.35 bits per heavy atom. The number of benzene rings is 1. The lowest BCUT2D eigenvalue weighted by molar-refractivity contribution is 0.408. The Morgan fingerprint density at radius 3 is 2.76 bits per heavy atom. The smallest absolute Gasteiger partial charge is 0.120 e. The number of thioether (sulfide) groups is 1. The van der Waals surface area contributed by atoms with Crippen LogP contribution in [0, 0.1) is 5.92 Å². The number of rotatable bonds is 4. The third-order valence-corrected chi connectivity index (χ3v) is 4.51. The molecule has 0 radical (unpaired) electrons. The molecule has 0 amide bonds. The molecule has 2 rings (SSSR count). The zero-order valence-corrected chi connectivity index (χ0v) is 11.2. The summed E-state index contributed by atoms with van der Waals surface area (Å²) in [4.78, 5) is 0. The number of hydrogen-bond acceptors (Lipinski definition) is 3. The molecule has 1 aromatic rings. The van der Waals surface area contributed by atoms with Crippen molar-refractivity contribution < 1.29 is 5.11 Å². The lowest BCUT2D eigenvalue weighted by atomic mass is 10.0. The van der Waals surface area contributed by atoms with Crippen LogP contribution in [0.4, 0.5) is 0 Å². The summed E-state index contributed by atoms with van der Waals surface area (Å²) in [5.74, 6) is 3.81. The molecule has 1 unspecified atom stereocenters. The van der Waals surface area contributed by atoms with Gasteiger partial charge in [0.1, 0.15) is 5.75 Å². The third kappa shape index (κ3) is 3.65. The first kappa shape index (κ1) is 12.8. The van der Waals surface area contributed by atoms with Crippen molar-refractivity contribution in [2.75, 3.05) is 18.1 Å². The molecule has 0 bridgehead atoms. The minimum Gasteiger partial charge on any atom is -0.508 e. The van der Waals surface area contributed by atoms with E-state index >= 15 is 0 Å². The van der Waals surface area contributed by atoms with Gasteiger partial charge in [0.2, 0.25) is 0 Å². The van der Waals surface area contributed by atoms with Gasteiger partial charge in [-0.3, -0.25) is 0 Å². The predicted octanol–water partition coefficient (Wildman–Crippen LogP) is 3.19. The van der Waals surface area contributed by atoms with Crippen LogP contribution in [-0.2, 0) is 0 Å². The zero-order chi connectivity index (χ0) is 12.1. The monoisotopic (exact) mass is 251 g/mol. The highest BCUT2D eigenvalue weighted by Gasteiger charge is 2.15. The van der Waals surface area contributed by atoms with Gasteiger partial charge in [0.05, 0.1) is 0 Å². The summed E-state index contributed by atoms with van der Waals surface area (Å²) < 4.78 is 0. The fourth-order valence-corrected chi connectivity index (χ4v) is 3.46. The summed E-state index contributed by atoms with van der Waals surface area (Å²) in [6.07, 6.45) is 2.65. The summed E-state index contributed by atoms with van der Waals surface area (Å²) in [6.45, 7) is 3.18. The lowest BCUT2D eigenvalue weighted by Crippen LogP contribution is -2.28.